The van der Waals surface area contributed by atoms with E-state index >= 15 is 0 Å². The fourth-order valence-corrected chi connectivity index (χ4v) is 3.91. The summed E-state index contributed by atoms with van der Waals surface area (Å²) in [5.41, 5.74) is 2.38. The molecule has 0 radical (unpaired) electrons. The van der Waals surface area contributed by atoms with Gasteiger partial charge in [-0.05, 0) is 62.9 Å². The van der Waals surface area contributed by atoms with Crippen LogP contribution in [0.4, 0.5) is 5.69 Å². The molecule has 1 atom stereocenters. The highest BCUT2D eigenvalue weighted by Gasteiger charge is 2.23. The summed E-state index contributed by atoms with van der Waals surface area (Å²) in [6, 6.07) is 8.52. The van der Waals surface area contributed by atoms with Gasteiger partial charge in [0.1, 0.15) is 0 Å². The van der Waals surface area contributed by atoms with E-state index < -0.39 is 0 Å². The number of hydrogen-bond acceptors (Lipinski definition) is 4. The Morgan fingerprint density at radius 3 is 2.52 bits per heavy atom. The van der Waals surface area contributed by atoms with E-state index in [9.17, 15) is 9.90 Å². The molecule has 1 aromatic carbocycles. The van der Waals surface area contributed by atoms with Gasteiger partial charge in [-0.25, -0.2) is 0 Å². The highest BCUT2D eigenvalue weighted by molar-refractivity contribution is 5.79. The largest absolute Gasteiger partial charge is 0.396 e. The Morgan fingerprint density at radius 1 is 1.16 bits per heavy atom. The molecule has 2 saturated heterocycles. The lowest BCUT2D eigenvalue weighted by atomic mass is 9.97. The molecule has 3 rings (SSSR count). The summed E-state index contributed by atoms with van der Waals surface area (Å²) in [5, 5.41) is 12.3. The maximum absolute atomic E-state index is 12.3. The van der Waals surface area contributed by atoms with Crippen LogP contribution >= 0.6 is 0 Å². The molecule has 2 aliphatic heterocycles. The summed E-state index contributed by atoms with van der Waals surface area (Å²) in [4.78, 5) is 16.9. The summed E-state index contributed by atoms with van der Waals surface area (Å²) in [5.74, 6) is 0.775. The number of aliphatic hydroxyl groups excluding tert-OH is 1. The van der Waals surface area contributed by atoms with Crippen molar-refractivity contribution in [1.82, 2.24) is 10.2 Å². The van der Waals surface area contributed by atoms with Crippen LogP contribution in [-0.2, 0) is 11.3 Å². The number of nitrogens with zero attached hydrogens (tertiary/aromatic N) is 2. The molecule has 0 saturated carbocycles. The predicted molar refractivity (Wildman–Crippen MR) is 101 cm³/mol. The Morgan fingerprint density at radius 2 is 1.88 bits per heavy atom. The van der Waals surface area contributed by atoms with E-state index in [1.165, 1.54) is 5.69 Å². The smallest absolute Gasteiger partial charge is 0.224 e. The lowest BCUT2D eigenvalue weighted by Crippen LogP contribution is -2.41. The normalized spacial score (nSPS) is 22.8. The second kappa shape index (κ2) is 8.68. The third-order valence-corrected chi connectivity index (χ3v) is 5.64. The molecule has 25 heavy (non-hydrogen) atoms. The van der Waals surface area contributed by atoms with Crippen molar-refractivity contribution >= 4 is 11.6 Å². The molecular weight excluding hydrogens is 314 g/mol. The Hall–Kier alpha value is -1.59. The zero-order valence-corrected chi connectivity index (χ0v) is 15.3. The van der Waals surface area contributed by atoms with Crippen molar-refractivity contribution in [1.29, 1.82) is 0 Å². The Balaban J connectivity index is 1.47. The summed E-state index contributed by atoms with van der Waals surface area (Å²) in [6.07, 6.45) is 4.23. The highest BCUT2D eigenvalue weighted by Crippen LogP contribution is 2.23. The molecule has 0 aliphatic carbocycles. The van der Waals surface area contributed by atoms with Gasteiger partial charge in [-0.3, -0.25) is 4.79 Å². The van der Waals surface area contributed by atoms with Gasteiger partial charge in [0.05, 0.1) is 5.92 Å². The van der Waals surface area contributed by atoms with Gasteiger partial charge in [-0.2, -0.15) is 0 Å². The molecule has 1 amide bonds. The number of likely N-dealkylation sites (tertiary alicyclic amines) is 1. The van der Waals surface area contributed by atoms with E-state index in [2.05, 4.69) is 46.4 Å². The van der Waals surface area contributed by atoms with Crippen molar-refractivity contribution in [3.63, 3.8) is 0 Å². The van der Waals surface area contributed by atoms with Crippen molar-refractivity contribution < 1.29 is 9.90 Å². The zero-order chi connectivity index (χ0) is 17.6. The average molecular weight is 345 g/mol. The molecule has 138 valence electrons. The van der Waals surface area contributed by atoms with Gasteiger partial charge in [-0.1, -0.05) is 12.1 Å². The molecule has 5 heteroatoms. The number of carbonyl (C=O) groups is 1. The first-order valence-electron chi connectivity index (χ1n) is 9.56. The topological polar surface area (TPSA) is 55.8 Å². The summed E-state index contributed by atoms with van der Waals surface area (Å²) < 4.78 is 0. The Labute approximate surface area is 151 Å². The zero-order valence-electron chi connectivity index (χ0n) is 15.3. The lowest BCUT2D eigenvalue weighted by molar-refractivity contribution is -0.126. The maximum atomic E-state index is 12.3. The van der Waals surface area contributed by atoms with Crippen molar-refractivity contribution in [3.8, 4) is 0 Å². The van der Waals surface area contributed by atoms with Gasteiger partial charge in [0.25, 0.3) is 0 Å². The molecule has 0 bridgehead atoms. The van der Waals surface area contributed by atoms with Crippen LogP contribution in [0.15, 0.2) is 24.3 Å². The fraction of sp³-hybridized carbons (Fsp3) is 0.650. The van der Waals surface area contributed by atoms with Gasteiger partial charge < -0.3 is 20.2 Å². The molecule has 2 fully saturated rings. The number of anilines is 1. The quantitative estimate of drug-likeness (QED) is 0.855. The summed E-state index contributed by atoms with van der Waals surface area (Å²) in [7, 11) is 2.08. The minimum atomic E-state index is 0.130. The first-order valence-corrected chi connectivity index (χ1v) is 9.56. The SMILES string of the molecule is CN1CCCC(C(=O)NCc2ccc(N3CCC(CO)CC3)cc2)C1. The minimum absolute atomic E-state index is 0.130. The molecule has 1 aromatic rings. The third-order valence-electron chi connectivity index (χ3n) is 5.64. The number of piperidine rings is 2. The van der Waals surface area contributed by atoms with Crippen LogP contribution < -0.4 is 10.2 Å². The van der Waals surface area contributed by atoms with E-state index in [0.717, 1.165) is 57.4 Å². The Bertz CT molecular complexity index is 553. The second-order valence-electron chi connectivity index (χ2n) is 7.60. The minimum Gasteiger partial charge on any atom is -0.396 e. The summed E-state index contributed by atoms with van der Waals surface area (Å²) >= 11 is 0. The van der Waals surface area contributed by atoms with Gasteiger partial charge >= 0.3 is 0 Å². The number of rotatable bonds is 5. The number of amides is 1. The average Bonchev–Trinajstić information content (AvgIpc) is 2.66. The number of nitrogens with one attached hydrogen (secondary N) is 1. The predicted octanol–water partition coefficient (Wildman–Crippen LogP) is 1.85. The van der Waals surface area contributed by atoms with E-state index in [-0.39, 0.29) is 11.8 Å². The van der Waals surface area contributed by atoms with Crippen molar-refractivity contribution in [2.45, 2.75) is 32.2 Å². The molecule has 2 aliphatic rings. The lowest BCUT2D eigenvalue weighted by Gasteiger charge is -2.33. The van der Waals surface area contributed by atoms with E-state index in [4.69, 9.17) is 0 Å². The monoisotopic (exact) mass is 345 g/mol. The van der Waals surface area contributed by atoms with Crippen LogP contribution in [0.3, 0.4) is 0 Å². The van der Waals surface area contributed by atoms with Gasteiger partial charge in [0.15, 0.2) is 0 Å². The van der Waals surface area contributed by atoms with Crippen molar-refractivity contribution in [2.75, 3.05) is 44.7 Å². The van der Waals surface area contributed by atoms with Crippen LogP contribution in [0, 0.1) is 11.8 Å². The highest BCUT2D eigenvalue weighted by atomic mass is 16.3. The Kier molecular flexibility index (Phi) is 6.32. The van der Waals surface area contributed by atoms with Gasteiger partial charge in [0, 0.05) is 38.5 Å². The van der Waals surface area contributed by atoms with Crippen molar-refractivity contribution in [3.05, 3.63) is 29.8 Å². The van der Waals surface area contributed by atoms with Crippen molar-refractivity contribution in [2.24, 2.45) is 11.8 Å². The van der Waals surface area contributed by atoms with Crippen LogP contribution in [-0.4, -0.2) is 55.7 Å². The molecule has 1 unspecified atom stereocenters. The fourth-order valence-electron chi connectivity index (χ4n) is 3.91. The molecule has 5 nitrogen and oxygen atoms in total. The van der Waals surface area contributed by atoms with E-state index in [1.54, 1.807) is 0 Å². The first-order chi connectivity index (χ1) is 12.2. The second-order valence-corrected chi connectivity index (χ2v) is 7.60. The van der Waals surface area contributed by atoms with Crippen LogP contribution in [0.2, 0.25) is 0 Å². The number of hydrogen-bond donors (Lipinski definition) is 2. The molecule has 0 aromatic heterocycles. The molecule has 2 N–H and O–H groups in total. The standard InChI is InChI=1S/C20H31N3O2/c1-22-10-2-3-18(14-22)20(25)21-13-16-4-6-19(7-5-16)23-11-8-17(15-24)9-12-23/h4-7,17-18,24H,2-3,8-15H2,1H3,(H,21,25). The molecule has 2 heterocycles. The summed E-state index contributed by atoms with van der Waals surface area (Å²) in [6.45, 7) is 4.90. The number of benzene rings is 1. The number of aliphatic hydroxyl groups is 1. The van der Waals surface area contributed by atoms with Gasteiger partial charge in [0.2, 0.25) is 5.91 Å². The molecule has 0 spiro atoms. The van der Waals surface area contributed by atoms with Crippen LogP contribution in [0.25, 0.3) is 0 Å². The van der Waals surface area contributed by atoms with Crippen LogP contribution in [0.5, 0.6) is 0 Å². The van der Waals surface area contributed by atoms with E-state index in [1.807, 2.05) is 0 Å². The van der Waals surface area contributed by atoms with E-state index in [0.29, 0.717) is 19.1 Å². The first kappa shape index (κ1) is 18.2. The maximum Gasteiger partial charge on any atom is 0.224 e. The molecular formula is C20H31N3O2. The third kappa shape index (κ3) is 4.95. The van der Waals surface area contributed by atoms with Crippen LogP contribution in [0.1, 0.15) is 31.2 Å². The number of carbonyl (C=O) groups excluding carboxylic acids is 1. The van der Waals surface area contributed by atoms with Gasteiger partial charge in [-0.15, -0.1) is 0 Å².